The van der Waals surface area contributed by atoms with Gasteiger partial charge in [-0.25, -0.2) is 4.39 Å². The molecule has 23 heavy (non-hydrogen) atoms. The van der Waals surface area contributed by atoms with E-state index < -0.39 is 24.3 Å². The third-order valence-corrected chi connectivity index (χ3v) is 3.30. The number of hydrogen-bond acceptors (Lipinski definition) is 3. The van der Waals surface area contributed by atoms with Crippen molar-refractivity contribution in [2.24, 2.45) is 0 Å². The molecule has 0 aliphatic heterocycles. The molecule has 0 aliphatic carbocycles. The molecule has 5 heteroatoms. The smallest absolute Gasteiger partial charge is 0.310 e. The summed E-state index contributed by atoms with van der Waals surface area (Å²) < 4.78 is 18.3. The first-order valence-corrected chi connectivity index (χ1v) is 7.36. The van der Waals surface area contributed by atoms with Crippen LogP contribution in [-0.2, 0) is 27.2 Å². The predicted molar refractivity (Wildman–Crippen MR) is 85.5 cm³/mol. The molecular formula is C18H18FNO3. The minimum Gasteiger partial charge on any atom is -0.455 e. The summed E-state index contributed by atoms with van der Waals surface area (Å²) in [6, 6.07) is 13.4. The van der Waals surface area contributed by atoms with E-state index in [9.17, 15) is 14.0 Å². The fraction of sp³-hybridized carbons (Fsp3) is 0.222. The molecule has 0 unspecified atom stereocenters. The molecule has 0 aromatic heterocycles. The van der Waals surface area contributed by atoms with Crippen molar-refractivity contribution in [3.63, 3.8) is 0 Å². The summed E-state index contributed by atoms with van der Waals surface area (Å²) >= 11 is 0. The Morgan fingerprint density at radius 3 is 2.43 bits per heavy atom. The van der Waals surface area contributed by atoms with Gasteiger partial charge in [0.05, 0.1) is 6.42 Å². The zero-order valence-corrected chi connectivity index (χ0v) is 12.8. The second kappa shape index (κ2) is 8.08. The van der Waals surface area contributed by atoms with Gasteiger partial charge in [0.15, 0.2) is 6.61 Å². The Bertz CT molecular complexity index is 683. The van der Waals surface area contributed by atoms with Crippen molar-refractivity contribution in [3.05, 3.63) is 65.5 Å². The highest BCUT2D eigenvalue weighted by molar-refractivity contribution is 5.92. The first-order valence-electron chi connectivity index (χ1n) is 7.36. The number of nitrogens with one attached hydrogen (secondary N) is 1. The summed E-state index contributed by atoms with van der Waals surface area (Å²) in [7, 11) is 0. The van der Waals surface area contributed by atoms with Crippen molar-refractivity contribution in [1.82, 2.24) is 0 Å². The number of amides is 1. The molecule has 1 N–H and O–H groups in total. The topological polar surface area (TPSA) is 55.4 Å². The van der Waals surface area contributed by atoms with Gasteiger partial charge in [-0.3, -0.25) is 9.59 Å². The molecule has 2 rings (SSSR count). The Morgan fingerprint density at radius 1 is 1.09 bits per heavy atom. The van der Waals surface area contributed by atoms with Crippen molar-refractivity contribution in [2.75, 3.05) is 11.9 Å². The van der Waals surface area contributed by atoms with Gasteiger partial charge in [0, 0.05) is 5.69 Å². The third-order valence-electron chi connectivity index (χ3n) is 3.30. The highest BCUT2D eigenvalue weighted by atomic mass is 19.1. The molecule has 0 spiro atoms. The van der Waals surface area contributed by atoms with E-state index >= 15 is 0 Å². The molecule has 120 valence electrons. The van der Waals surface area contributed by atoms with E-state index in [1.54, 1.807) is 24.3 Å². The van der Waals surface area contributed by atoms with E-state index in [1.807, 2.05) is 19.1 Å². The molecule has 0 aliphatic rings. The van der Waals surface area contributed by atoms with Gasteiger partial charge < -0.3 is 10.1 Å². The molecule has 2 aromatic rings. The molecular weight excluding hydrogens is 297 g/mol. The molecule has 1 amide bonds. The van der Waals surface area contributed by atoms with Gasteiger partial charge in [-0.15, -0.1) is 0 Å². The molecule has 0 saturated heterocycles. The van der Waals surface area contributed by atoms with Crippen LogP contribution in [0.25, 0.3) is 0 Å². The fourth-order valence-corrected chi connectivity index (χ4v) is 2.02. The van der Waals surface area contributed by atoms with Gasteiger partial charge in [0.2, 0.25) is 0 Å². The average Bonchev–Trinajstić information content (AvgIpc) is 2.56. The monoisotopic (exact) mass is 315 g/mol. The molecule has 2 aromatic carbocycles. The Kier molecular flexibility index (Phi) is 5.86. The number of halogens is 1. The molecule has 0 saturated carbocycles. The molecule has 0 heterocycles. The van der Waals surface area contributed by atoms with Crippen LogP contribution in [0.15, 0.2) is 48.5 Å². The fourth-order valence-electron chi connectivity index (χ4n) is 2.02. The lowest BCUT2D eigenvalue weighted by Gasteiger charge is -2.07. The van der Waals surface area contributed by atoms with Crippen molar-refractivity contribution in [1.29, 1.82) is 0 Å². The molecule has 0 bridgehead atoms. The molecule has 4 nitrogen and oxygen atoms in total. The van der Waals surface area contributed by atoms with Crippen LogP contribution in [0.4, 0.5) is 10.1 Å². The minimum absolute atomic E-state index is 0.203. The number of carbonyl (C=O) groups excluding carboxylic acids is 2. The third kappa shape index (κ3) is 5.21. The minimum atomic E-state index is -0.647. The van der Waals surface area contributed by atoms with Crippen LogP contribution in [-0.4, -0.2) is 18.5 Å². The number of anilines is 1. The standard InChI is InChI=1S/C18H18FNO3/c1-2-13-7-9-15(10-8-13)20-17(21)12-23-18(22)11-14-5-3-4-6-16(14)19/h3-10H,2,11-12H2,1H3,(H,20,21). The maximum Gasteiger partial charge on any atom is 0.310 e. The van der Waals surface area contributed by atoms with Crippen LogP contribution < -0.4 is 5.32 Å². The summed E-state index contributed by atoms with van der Waals surface area (Å²) in [5.74, 6) is -1.55. The highest BCUT2D eigenvalue weighted by Crippen LogP contribution is 2.10. The first-order chi connectivity index (χ1) is 11.1. The lowest BCUT2D eigenvalue weighted by atomic mass is 10.1. The zero-order chi connectivity index (χ0) is 16.7. The normalized spacial score (nSPS) is 10.2. The van der Waals surface area contributed by atoms with Crippen LogP contribution in [0.5, 0.6) is 0 Å². The van der Waals surface area contributed by atoms with Crippen molar-refractivity contribution in [3.8, 4) is 0 Å². The Hall–Kier alpha value is -2.69. The van der Waals surface area contributed by atoms with E-state index in [0.29, 0.717) is 5.69 Å². The lowest BCUT2D eigenvalue weighted by Crippen LogP contribution is -2.21. The van der Waals surface area contributed by atoms with Crippen molar-refractivity contribution >= 4 is 17.6 Å². The van der Waals surface area contributed by atoms with Crippen LogP contribution in [0.2, 0.25) is 0 Å². The number of hydrogen-bond donors (Lipinski definition) is 1. The average molecular weight is 315 g/mol. The maximum atomic E-state index is 13.4. The number of benzene rings is 2. The summed E-state index contributed by atoms with van der Waals surface area (Å²) in [4.78, 5) is 23.4. The number of esters is 1. The second-order valence-electron chi connectivity index (χ2n) is 5.03. The van der Waals surface area contributed by atoms with Gasteiger partial charge in [0.25, 0.3) is 5.91 Å². The molecule has 0 atom stereocenters. The number of ether oxygens (including phenoxy) is 1. The van der Waals surface area contributed by atoms with Gasteiger partial charge in [0.1, 0.15) is 5.82 Å². The molecule has 0 radical (unpaired) electrons. The first kappa shape index (κ1) is 16.7. The van der Waals surface area contributed by atoms with Crippen LogP contribution >= 0.6 is 0 Å². The maximum absolute atomic E-state index is 13.4. The van der Waals surface area contributed by atoms with Crippen molar-refractivity contribution < 1.29 is 18.7 Å². The Balaban J connectivity index is 1.79. The summed E-state index contributed by atoms with van der Waals surface area (Å²) in [6.45, 7) is 1.64. The summed E-state index contributed by atoms with van der Waals surface area (Å²) in [6.07, 6.45) is 0.715. The van der Waals surface area contributed by atoms with Gasteiger partial charge in [-0.2, -0.15) is 0 Å². The quantitative estimate of drug-likeness (QED) is 0.833. The van der Waals surface area contributed by atoms with Gasteiger partial charge in [-0.1, -0.05) is 37.3 Å². The van der Waals surface area contributed by atoms with Gasteiger partial charge in [-0.05, 0) is 35.7 Å². The number of aryl methyl sites for hydroxylation is 1. The lowest BCUT2D eigenvalue weighted by molar-refractivity contribution is -0.146. The van der Waals surface area contributed by atoms with E-state index in [2.05, 4.69) is 5.32 Å². The Morgan fingerprint density at radius 2 is 1.78 bits per heavy atom. The number of carbonyl (C=O) groups is 2. The largest absolute Gasteiger partial charge is 0.455 e. The predicted octanol–water partition coefficient (Wildman–Crippen LogP) is 3.11. The zero-order valence-electron chi connectivity index (χ0n) is 12.8. The van der Waals surface area contributed by atoms with Crippen LogP contribution in [0, 0.1) is 5.82 Å². The number of rotatable bonds is 6. The van der Waals surface area contributed by atoms with E-state index in [1.165, 1.54) is 17.7 Å². The van der Waals surface area contributed by atoms with Crippen LogP contribution in [0.1, 0.15) is 18.1 Å². The summed E-state index contributed by atoms with van der Waals surface area (Å²) in [5, 5.41) is 2.63. The van der Waals surface area contributed by atoms with E-state index in [-0.39, 0.29) is 12.0 Å². The van der Waals surface area contributed by atoms with E-state index in [0.717, 1.165) is 6.42 Å². The second-order valence-corrected chi connectivity index (χ2v) is 5.03. The molecule has 0 fully saturated rings. The van der Waals surface area contributed by atoms with Crippen molar-refractivity contribution in [2.45, 2.75) is 19.8 Å². The van der Waals surface area contributed by atoms with Gasteiger partial charge >= 0.3 is 5.97 Å². The van der Waals surface area contributed by atoms with Crippen LogP contribution in [0.3, 0.4) is 0 Å². The SMILES string of the molecule is CCc1ccc(NC(=O)COC(=O)Cc2ccccc2F)cc1. The highest BCUT2D eigenvalue weighted by Gasteiger charge is 2.11. The van der Waals surface area contributed by atoms with E-state index in [4.69, 9.17) is 4.74 Å². The summed E-state index contributed by atoms with van der Waals surface area (Å²) in [5.41, 5.74) is 2.05. The Labute approximate surface area is 134 Å².